The highest BCUT2D eigenvalue weighted by molar-refractivity contribution is 5.35. The molecule has 0 saturated heterocycles. The van der Waals surface area contributed by atoms with Gasteiger partial charge >= 0.3 is 0 Å². The van der Waals surface area contributed by atoms with Crippen LogP contribution in [0.3, 0.4) is 0 Å². The maximum atomic E-state index is 5.79. The van der Waals surface area contributed by atoms with E-state index in [1.54, 1.807) is 7.11 Å². The van der Waals surface area contributed by atoms with Crippen LogP contribution in [-0.2, 0) is 0 Å². The van der Waals surface area contributed by atoms with Gasteiger partial charge in [-0.25, -0.2) is 0 Å². The largest absolute Gasteiger partial charge is 0.496 e. The highest BCUT2D eigenvalue weighted by Crippen LogP contribution is 2.24. The highest BCUT2D eigenvalue weighted by atomic mass is 16.5. The minimum Gasteiger partial charge on any atom is -0.496 e. The van der Waals surface area contributed by atoms with Crippen LogP contribution in [0, 0.1) is 11.8 Å². The lowest BCUT2D eigenvalue weighted by Crippen LogP contribution is -2.33. The van der Waals surface area contributed by atoms with Gasteiger partial charge in [0.15, 0.2) is 0 Å². The van der Waals surface area contributed by atoms with Gasteiger partial charge in [0.2, 0.25) is 0 Å². The van der Waals surface area contributed by atoms with E-state index in [0.29, 0.717) is 11.8 Å². The van der Waals surface area contributed by atoms with Crippen molar-refractivity contribution in [3.8, 4) is 5.75 Å². The molecule has 0 aliphatic heterocycles. The zero-order valence-corrected chi connectivity index (χ0v) is 11.9. The third-order valence-corrected chi connectivity index (χ3v) is 3.54. The van der Waals surface area contributed by atoms with E-state index in [1.165, 1.54) is 5.56 Å². The van der Waals surface area contributed by atoms with Crippen LogP contribution in [0.2, 0.25) is 0 Å². The third kappa shape index (κ3) is 4.00. The molecule has 0 aliphatic carbocycles. The normalized spacial score (nSPS) is 14.6. The lowest BCUT2D eigenvalue weighted by molar-refractivity contribution is 0.350. The van der Waals surface area contributed by atoms with E-state index in [1.807, 2.05) is 18.2 Å². The summed E-state index contributed by atoms with van der Waals surface area (Å²) >= 11 is 0. The van der Waals surface area contributed by atoms with Gasteiger partial charge in [0.05, 0.1) is 7.11 Å². The average Bonchev–Trinajstić information content (AvgIpc) is 2.38. The Labute approximate surface area is 111 Å². The smallest absolute Gasteiger partial charge is 0.123 e. The molecular weight excluding hydrogens is 224 g/mol. The average molecular weight is 250 g/mol. The molecule has 0 saturated carbocycles. The Hall–Kier alpha value is -1.06. The van der Waals surface area contributed by atoms with Gasteiger partial charge in [0, 0.05) is 11.6 Å². The van der Waals surface area contributed by atoms with Crippen molar-refractivity contribution in [3.05, 3.63) is 29.8 Å². The summed E-state index contributed by atoms with van der Waals surface area (Å²) in [5.41, 5.74) is 6.98. The first-order valence-corrected chi connectivity index (χ1v) is 6.66. The molecule has 3 heteroatoms. The van der Waals surface area contributed by atoms with E-state index >= 15 is 0 Å². The van der Waals surface area contributed by atoms with Crippen molar-refractivity contribution in [2.75, 3.05) is 20.2 Å². The van der Waals surface area contributed by atoms with E-state index in [2.05, 4.69) is 32.2 Å². The summed E-state index contributed by atoms with van der Waals surface area (Å²) in [5.74, 6) is 2.06. The Kier molecular flexibility index (Phi) is 6.16. The number of benzene rings is 1. The van der Waals surface area contributed by atoms with Crippen molar-refractivity contribution in [1.29, 1.82) is 0 Å². The van der Waals surface area contributed by atoms with Crippen molar-refractivity contribution < 1.29 is 4.74 Å². The Bertz CT molecular complexity index is 352. The lowest BCUT2D eigenvalue weighted by atomic mass is 9.95. The SMILES string of the molecule is COc1ccccc1C(C)NCC(CN)C(C)C. The molecule has 2 atom stereocenters. The van der Waals surface area contributed by atoms with Crippen LogP contribution in [0.1, 0.15) is 32.4 Å². The molecule has 3 nitrogen and oxygen atoms in total. The fourth-order valence-electron chi connectivity index (χ4n) is 2.05. The first-order valence-electron chi connectivity index (χ1n) is 6.66. The molecule has 0 heterocycles. The summed E-state index contributed by atoms with van der Waals surface area (Å²) in [6.07, 6.45) is 0. The third-order valence-electron chi connectivity index (χ3n) is 3.54. The van der Waals surface area contributed by atoms with E-state index < -0.39 is 0 Å². The molecule has 0 radical (unpaired) electrons. The van der Waals surface area contributed by atoms with Crippen molar-refractivity contribution >= 4 is 0 Å². The second-order valence-electron chi connectivity index (χ2n) is 5.11. The van der Waals surface area contributed by atoms with Gasteiger partial charge in [-0.15, -0.1) is 0 Å². The molecule has 0 amide bonds. The minimum absolute atomic E-state index is 0.272. The van der Waals surface area contributed by atoms with E-state index in [0.717, 1.165) is 18.8 Å². The number of hydrogen-bond donors (Lipinski definition) is 2. The van der Waals surface area contributed by atoms with Gasteiger partial charge in [0.1, 0.15) is 5.75 Å². The second kappa shape index (κ2) is 7.39. The predicted octanol–water partition coefficient (Wildman–Crippen LogP) is 2.58. The molecule has 0 aromatic heterocycles. The lowest BCUT2D eigenvalue weighted by Gasteiger charge is -2.23. The number of hydrogen-bond acceptors (Lipinski definition) is 3. The molecule has 1 aromatic rings. The van der Waals surface area contributed by atoms with Crippen molar-refractivity contribution in [3.63, 3.8) is 0 Å². The molecule has 1 aromatic carbocycles. The number of nitrogens with one attached hydrogen (secondary N) is 1. The summed E-state index contributed by atoms with van der Waals surface area (Å²) < 4.78 is 5.38. The maximum absolute atomic E-state index is 5.79. The van der Waals surface area contributed by atoms with Crippen molar-refractivity contribution in [2.45, 2.75) is 26.8 Å². The minimum atomic E-state index is 0.272. The van der Waals surface area contributed by atoms with Crippen molar-refractivity contribution in [2.24, 2.45) is 17.6 Å². The van der Waals surface area contributed by atoms with E-state index in [9.17, 15) is 0 Å². The van der Waals surface area contributed by atoms with Crippen LogP contribution in [0.15, 0.2) is 24.3 Å². The van der Waals surface area contributed by atoms with Crippen LogP contribution in [0.5, 0.6) is 5.75 Å². The first kappa shape index (κ1) is 15.0. The number of rotatable bonds is 7. The van der Waals surface area contributed by atoms with Gasteiger partial charge in [0.25, 0.3) is 0 Å². The first-order chi connectivity index (χ1) is 8.60. The summed E-state index contributed by atoms with van der Waals surface area (Å²) in [7, 11) is 1.71. The highest BCUT2D eigenvalue weighted by Gasteiger charge is 2.15. The van der Waals surface area contributed by atoms with Gasteiger partial charge in [-0.1, -0.05) is 32.0 Å². The van der Waals surface area contributed by atoms with Crippen LogP contribution < -0.4 is 15.8 Å². The van der Waals surface area contributed by atoms with Crippen LogP contribution in [0.4, 0.5) is 0 Å². The molecule has 3 N–H and O–H groups in total. The van der Waals surface area contributed by atoms with Gasteiger partial charge in [-0.3, -0.25) is 0 Å². The Balaban J connectivity index is 2.62. The number of para-hydroxylation sites is 1. The second-order valence-corrected chi connectivity index (χ2v) is 5.11. The van der Waals surface area contributed by atoms with Gasteiger partial charge in [-0.2, -0.15) is 0 Å². The number of nitrogens with two attached hydrogens (primary N) is 1. The van der Waals surface area contributed by atoms with Crippen LogP contribution in [-0.4, -0.2) is 20.2 Å². The molecule has 0 aliphatic rings. The number of ether oxygens (including phenoxy) is 1. The van der Waals surface area contributed by atoms with Gasteiger partial charge in [-0.05, 0) is 37.9 Å². The zero-order chi connectivity index (χ0) is 13.5. The fraction of sp³-hybridized carbons (Fsp3) is 0.600. The topological polar surface area (TPSA) is 47.3 Å². The summed E-state index contributed by atoms with van der Waals surface area (Å²) in [6, 6.07) is 8.40. The monoisotopic (exact) mass is 250 g/mol. The quantitative estimate of drug-likeness (QED) is 0.782. The van der Waals surface area contributed by atoms with Crippen LogP contribution in [0.25, 0.3) is 0 Å². The standard InChI is InChI=1S/C15H26N2O/c1-11(2)13(9-16)10-17-12(3)14-7-5-6-8-15(14)18-4/h5-8,11-13,17H,9-10,16H2,1-4H3. The predicted molar refractivity (Wildman–Crippen MR) is 76.8 cm³/mol. The molecule has 1 rings (SSSR count). The van der Waals surface area contributed by atoms with Crippen LogP contribution >= 0.6 is 0 Å². The maximum Gasteiger partial charge on any atom is 0.123 e. The molecule has 0 spiro atoms. The van der Waals surface area contributed by atoms with E-state index in [4.69, 9.17) is 10.5 Å². The Morgan fingerprint density at radius 2 is 1.89 bits per heavy atom. The number of methoxy groups -OCH3 is 1. The summed E-state index contributed by atoms with van der Waals surface area (Å²) in [6.45, 7) is 8.25. The molecule has 0 fully saturated rings. The van der Waals surface area contributed by atoms with Gasteiger partial charge < -0.3 is 15.8 Å². The fourth-order valence-corrected chi connectivity index (χ4v) is 2.05. The molecular formula is C15H26N2O. The Morgan fingerprint density at radius 1 is 1.22 bits per heavy atom. The zero-order valence-electron chi connectivity index (χ0n) is 11.9. The molecule has 102 valence electrons. The van der Waals surface area contributed by atoms with Crippen molar-refractivity contribution in [1.82, 2.24) is 5.32 Å². The summed E-state index contributed by atoms with van der Waals surface area (Å²) in [4.78, 5) is 0. The molecule has 18 heavy (non-hydrogen) atoms. The summed E-state index contributed by atoms with van der Waals surface area (Å²) in [5, 5.41) is 3.55. The van der Waals surface area contributed by atoms with E-state index in [-0.39, 0.29) is 6.04 Å². The molecule has 0 bridgehead atoms. The Morgan fingerprint density at radius 3 is 2.44 bits per heavy atom. The molecule has 2 unspecified atom stereocenters.